The summed E-state index contributed by atoms with van der Waals surface area (Å²) in [6.45, 7) is 6.52. The van der Waals surface area contributed by atoms with Gasteiger partial charge >= 0.3 is 0 Å². The highest BCUT2D eigenvalue weighted by Gasteiger charge is 2.16. The summed E-state index contributed by atoms with van der Waals surface area (Å²) in [5, 5.41) is 9.13. The van der Waals surface area contributed by atoms with E-state index in [1.165, 1.54) is 0 Å². The van der Waals surface area contributed by atoms with E-state index >= 15 is 0 Å². The van der Waals surface area contributed by atoms with E-state index < -0.39 is 0 Å². The third-order valence-electron chi connectivity index (χ3n) is 2.15. The first-order valence-corrected chi connectivity index (χ1v) is 4.93. The first-order valence-electron chi connectivity index (χ1n) is 4.93. The van der Waals surface area contributed by atoms with Crippen molar-refractivity contribution in [3.05, 3.63) is 29.8 Å². The van der Waals surface area contributed by atoms with Gasteiger partial charge in [-0.2, -0.15) is 0 Å². The maximum Gasteiger partial charge on any atom is 0.115 e. The minimum absolute atomic E-state index is 0.0515. The van der Waals surface area contributed by atoms with Crippen molar-refractivity contribution in [1.82, 2.24) is 0 Å². The Balaban J connectivity index is 2.70. The Morgan fingerprint density at radius 1 is 1.21 bits per heavy atom. The Morgan fingerprint density at radius 2 is 1.71 bits per heavy atom. The number of hydrogen-bond donors (Lipinski definition) is 2. The maximum atomic E-state index is 9.13. The molecule has 0 aliphatic rings. The van der Waals surface area contributed by atoms with Crippen molar-refractivity contribution in [2.75, 3.05) is 0 Å². The lowest BCUT2D eigenvalue weighted by Crippen LogP contribution is -2.18. The summed E-state index contributed by atoms with van der Waals surface area (Å²) in [4.78, 5) is 0. The van der Waals surface area contributed by atoms with Crippen molar-refractivity contribution in [3.63, 3.8) is 0 Å². The third-order valence-corrected chi connectivity index (χ3v) is 2.15. The molecule has 3 N–H and O–H groups in total. The number of nitrogens with two attached hydrogens (primary N) is 1. The minimum atomic E-state index is 0.0515. The summed E-state index contributed by atoms with van der Waals surface area (Å²) in [7, 11) is 0. The van der Waals surface area contributed by atoms with Crippen LogP contribution in [0.5, 0.6) is 5.75 Å². The predicted molar refractivity (Wildman–Crippen MR) is 59.1 cm³/mol. The van der Waals surface area contributed by atoms with Crippen LogP contribution < -0.4 is 5.73 Å². The molecule has 1 rings (SSSR count). The van der Waals surface area contributed by atoms with Gasteiger partial charge in [0.25, 0.3) is 0 Å². The molecule has 2 nitrogen and oxygen atoms in total. The zero-order chi connectivity index (χ0) is 10.8. The molecule has 1 aromatic carbocycles. The molecule has 0 aliphatic carbocycles. The van der Waals surface area contributed by atoms with Crippen LogP contribution in [0.3, 0.4) is 0 Å². The van der Waals surface area contributed by atoms with Gasteiger partial charge in [0.1, 0.15) is 5.75 Å². The van der Waals surface area contributed by atoms with Crippen molar-refractivity contribution in [2.45, 2.75) is 33.2 Å². The molecule has 0 bridgehead atoms. The number of phenols is 1. The number of rotatable bonds is 2. The van der Waals surface area contributed by atoms with Gasteiger partial charge in [-0.3, -0.25) is 0 Å². The van der Waals surface area contributed by atoms with Gasteiger partial charge < -0.3 is 10.8 Å². The first kappa shape index (κ1) is 11.1. The van der Waals surface area contributed by atoms with Crippen molar-refractivity contribution in [2.24, 2.45) is 11.1 Å². The Kier molecular flexibility index (Phi) is 3.17. The van der Waals surface area contributed by atoms with E-state index in [9.17, 15) is 0 Å². The van der Waals surface area contributed by atoms with Gasteiger partial charge in [0.05, 0.1) is 0 Å². The molecule has 0 amide bonds. The summed E-state index contributed by atoms with van der Waals surface area (Å²) in [5.41, 5.74) is 7.36. The SMILES string of the molecule is CC(C)(C)C[C@@H](N)c1ccc(O)cc1. The monoisotopic (exact) mass is 193 g/mol. The van der Waals surface area contributed by atoms with Crippen LogP contribution in [0.4, 0.5) is 0 Å². The molecule has 0 unspecified atom stereocenters. The van der Waals surface area contributed by atoms with Crippen LogP contribution in [0.2, 0.25) is 0 Å². The normalized spacial score (nSPS) is 14.0. The van der Waals surface area contributed by atoms with Crippen LogP contribution in [-0.2, 0) is 0 Å². The van der Waals surface area contributed by atoms with Crippen LogP contribution in [-0.4, -0.2) is 5.11 Å². The van der Waals surface area contributed by atoms with E-state index in [1.807, 2.05) is 12.1 Å². The summed E-state index contributed by atoms with van der Waals surface area (Å²) >= 11 is 0. The Bertz CT molecular complexity index is 284. The van der Waals surface area contributed by atoms with E-state index in [0.29, 0.717) is 0 Å². The molecule has 0 saturated heterocycles. The number of phenolic OH excluding ortho intramolecular Hbond substituents is 1. The Morgan fingerprint density at radius 3 is 2.14 bits per heavy atom. The molecule has 0 heterocycles. The molecular formula is C12H19NO. The fraction of sp³-hybridized carbons (Fsp3) is 0.500. The Hall–Kier alpha value is -1.02. The maximum absolute atomic E-state index is 9.13. The smallest absolute Gasteiger partial charge is 0.115 e. The molecule has 78 valence electrons. The molecule has 0 aromatic heterocycles. The van der Waals surface area contributed by atoms with Crippen molar-refractivity contribution in [1.29, 1.82) is 0 Å². The highest BCUT2D eigenvalue weighted by molar-refractivity contribution is 5.27. The molecule has 0 fully saturated rings. The van der Waals surface area contributed by atoms with Crippen LogP contribution in [0.15, 0.2) is 24.3 Å². The lowest BCUT2D eigenvalue weighted by atomic mass is 9.86. The van der Waals surface area contributed by atoms with Crippen molar-refractivity contribution < 1.29 is 5.11 Å². The fourth-order valence-electron chi connectivity index (χ4n) is 1.50. The zero-order valence-corrected chi connectivity index (χ0v) is 9.12. The summed E-state index contributed by atoms with van der Waals surface area (Å²) in [6, 6.07) is 7.17. The molecule has 0 saturated carbocycles. The quantitative estimate of drug-likeness (QED) is 0.758. The van der Waals surface area contributed by atoms with E-state index in [2.05, 4.69) is 20.8 Å². The molecule has 2 heteroatoms. The lowest BCUT2D eigenvalue weighted by Gasteiger charge is -2.23. The third kappa shape index (κ3) is 3.38. The van der Waals surface area contributed by atoms with Crippen LogP contribution in [0.25, 0.3) is 0 Å². The molecule has 1 atom stereocenters. The second-order valence-electron chi connectivity index (χ2n) is 4.96. The average molecular weight is 193 g/mol. The number of hydrogen-bond acceptors (Lipinski definition) is 2. The highest BCUT2D eigenvalue weighted by Crippen LogP contribution is 2.28. The van der Waals surface area contributed by atoms with Gasteiger partial charge in [0, 0.05) is 6.04 Å². The number of benzene rings is 1. The molecule has 0 spiro atoms. The van der Waals surface area contributed by atoms with E-state index in [-0.39, 0.29) is 17.2 Å². The van der Waals surface area contributed by atoms with Crippen molar-refractivity contribution in [3.8, 4) is 5.75 Å². The molecular weight excluding hydrogens is 174 g/mol. The van der Waals surface area contributed by atoms with E-state index in [1.54, 1.807) is 12.1 Å². The lowest BCUT2D eigenvalue weighted by molar-refractivity contribution is 0.342. The van der Waals surface area contributed by atoms with Crippen LogP contribution >= 0.6 is 0 Å². The summed E-state index contributed by atoms with van der Waals surface area (Å²) < 4.78 is 0. The molecule has 14 heavy (non-hydrogen) atoms. The largest absolute Gasteiger partial charge is 0.508 e. The Labute approximate surface area is 85.8 Å². The topological polar surface area (TPSA) is 46.2 Å². The molecule has 0 aliphatic heterocycles. The zero-order valence-electron chi connectivity index (χ0n) is 9.12. The van der Waals surface area contributed by atoms with Gasteiger partial charge in [0.15, 0.2) is 0 Å². The summed E-state index contributed by atoms with van der Waals surface area (Å²) in [6.07, 6.45) is 0.942. The first-order chi connectivity index (χ1) is 6.38. The summed E-state index contributed by atoms with van der Waals surface area (Å²) in [5.74, 6) is 0.289. The van der Waals surface area contributed by atoms with Gasteiger partial charge in [-0.25, -0.2) is 0 Å². The van der Waals surface area contributed by atoms with E-state index in [4.69, 9.17) is 10.8 Å². The molecule has 0 radical (unpaired) electrons. The van der Waals surface area contributed by atoms with Gasteiger partial charge in [-0.15, -0.1) is 0 Å². The standard InChI is InChI=1S/C12H19NO/c1-12(2,3)8-11(13)9-4-6-10(14)7-5-9/h4-7,11,14H,8,13H2,1-3H3/t11-/m1/s1. The van der Waals surface area contributed by atoms with E-state index in [0.717, 1.165) is 12.0 Å². The highest BCUT2D eigenvalue weighted by atomic mass is 16.3. The van der Waals surface area contributed by atoms with Gasteiger partial charge in [-0.05, 0) is 29.5 Å². The van der Waals surface area contributed by atoms with Crippen LogP contribution in [0, 0.1) is 5.41 Å². The minimum Gasteiger partial charge on any atom is -0.508 e. The van der Waals surface area contributed by atoms with Crippen molar-refractivity contribution >= 4 is 0 Å². The number of aromatic hydroxyl groups is 1. The second-order valence-corrected chi connectivity index (χ2v) is 4.96. The average Bonchev–Trinajstić information content (AvgIpc) is 2.02. The van der Waals surface area contributed by atoms with Gasteiger partial charge in [0.2, 0.25) is 0 Å². The molecule has 1 aromatic rings. The fourth-order valence-corrected chi connectivity index (χ4v) is 1.50. The predicted octanol–water partition coefficient (Wildman–Crippen LogP) is 2.83. The second kappa shape index (κ2) is 4.01. The van der Waals surface area contributed by atoms with Gasteiger partial charge in [-0.1, -0.05) is 32.9 Å². The van der Waals surface area contributed by atoms with Crippen LogP contribution in [0.1, 0.15) is 38.8 Å².